The Morgan fingerprint density at radius 1 is 1.38 bits per heavy atom. The normalized spacial score (nSPS) is 12.0. The van der Waals surface area contributed by atoms with Gasteiger partial charge in [0.1, 0.15) is 17.3 Å². The van der Waals surface area contributed by atoms with E-state index >= 15 is 0 Å². The van der Waals surface area contributed by atoms with Crippen LogP contribution >= 0.6 is 15.9 Å². The van der Waals surface area contributed by atoms with Crippen molar-refractivity contribution < 1.29 is 14.3 Å². The lowest BCUT2D eigenvalue weighted by atomic mass is 10.1. The number of rotatable bonds is 5. The molecule has 0 saturated carbocycles. The van der Waals surface area contributed by atoms with Gasteiger partial charge in [-0.2, -0.15) is 0 Å². The van der Waals surface area contributed by atoms with Gasteiger partial charge in [0, 0.05) is 6.07 Å². The smallest absolute Gasteiger partial charge is 0.147 e. The third kappa shape index (κ3) is 3.23. The number of halogens is 1. The highest BCUT2D eigenvalue weighted by Crippen LogP contribution is 2.31. The average Bonchev–Trinajstić information content (AvgIpc) is 2.27. The summed E-state index contributed by atoms with van der Waals surface area (Å²) in [7, 11) is 1.59. The van der Waals surface area contributed by atoms with Crippen LogP contribution in [0.4, 0.5) is 0 Å². The zero-order valence-corrected chi connectivity index (χ0v) is 11.2. The summed E-state index contributed by atoms with van der Waals surface area (Å²) in [6.07, 6.45) is 0. The molecule has 0 saturated heterocycles. The number of hydrogen-bond donors (Lipinski definition) is 0. The molecule has 16 heavy (non-hydrogen) atoms. The van der Waals surface area contributed by atoms with Gasteiger partial charge in [0.05, 0.1) is 18.5 Å². The monoisotopic (exact) mass is 286 g/mol. The number of methoxy groups -OCH3 is 1. The van der Waals surface area contributed by atoms with Crippen LogP contribution in [0.2, 0.25) is 0 Å². The minimum absolute atomic E-state index is 0.0516. The summed E-state index contributed by atoms with van der Waals surface area (Å²) in [4.78, 5) is 11.0. The minimum Gasteiger partial charge on any atom is -0.497 e. The van der Waals surface area contributed by atoms with Gasteiger partial charge in [0.2, 0.25) is 0 Å². The number of benzene rings is 1. The van der Waals surface area contributed by atoms with Crippen molar-refractivity contribution in [2.45, 2.75) is 18.7 Å². The number of carbonyl (C=O) groups is 1. The summed E-state index contributed by atoms with van der Waals surface area (Å²) in [5.74, 6) is 1.45. The van der Waals surface area contributed by atoms with E-state index in [0.717, 1.165) is 5.56 Å². The molecule has 0 spiro atoms. The molecule has 1 unspecified atom stereocenters. The molecule has 0 radical (unpaired) electrons. The van der Waals surface area contributed by atoms with E-state index in [-0.39, 0.29) is 10.6 Å². The first-order chi connectivity index (χ1) is 7.58. The maximum Gasteiger partial charge on any atom is 0.147 e. The van der Waals surface area contributed by atoms with Crippen molar-refractivity contribution in [3.05, 3.63) is 23.8 Å². The standard InChI is InChI=1S/C12H15BrO3/c1-4-16-11-6-9(12(13)8(2)14)5-10(7-11)15-3/h5-7,12H,4H2,1-3H3. The fraction of sp³-hybridized carbons (Fsp3) is 0.417. The first kappa shape index (κ1) is 13.0. The predicted molar refractivity (Wildman–Crippen MR) is 66.5 cm³/mol. The zero-order valence-electron chi connectivity index (χ0n) is 9.62. The molecule has 1 rings (SSSR count). The molecule has 88 valence electrons. The first-order valence-corrected chi connectivity index (χ1v) is 5.96. The molecule has 0 amide bonds. The Morgan fingerprint density at radius 3 is 2.50 bits per heavy atom. The van der Waals surface area contributed by atoms with Crippen molar-refractivity contribution in [1.82, 2.24) is 0 Å². The zero-order chi connectivity index (χ0) is 12.1. The Balaban J connectivity index is 3.08. The average molecular weight is 287 g/mol. The molecule has 0 N–H and O–H groups in total. The van der Waals surface area contributed by atoms with Crippen LogP contribution in [0.5, 0.6) is 11.5 Å². The Labute approximate surface area is 104 Å². The predicted octanol–water partition coefficient (Wildman–Crippen LogP) is 3.12. The van der Waals surface area contributed by atoms with Crippen molar-refractivity contribution in [3.8, 4) is 11.5 Å². The molecule has 0 bridgehead atoms. The molecule has 0 aliphatic carbocycles. The van der Waals surface area contributed by atoms with Crippen molar-refractivity contribution >= 4 is 21.7 Å². The van der Waals surface area contributed by atoms with Crippen LogP contribution in [0.1, 0.15) is 24.2 Å². The highest BCUT2D eigenvalue weighted by molar-refractivity contribution is 9.09. The van der Waals surface area contributed by atoms with Gasteiger partial charge in [0.15, 0.2) is 0 Å². The maximum atomic E-state index is 11.3. The van der Waals surface area contributed by atoms with Crippen LogP contribution in [-0.4, -0.2) is 19.5 Å². The number of carbonyl (C=O) groups excluding carboxylic acids is 1. The van der Waals surface area contributed by atoms with Crippen molar-refractivity contribution in [2.24, 2.45) is 0 Å². The van der Waals surface area contributed by atoms with Crippen LogP contribution in [0.25, 0.3) is 0 Å². The Morgan fingerprint density at radius 2 is 2.00 bits per heavy atom. The second kappa shape index (κ2) is 5.89. The number of hydrogen-bond acceptors (Lipinski definition) is 3. The molecule has 0 aliphatic rings. The van der Waals surface area contributed by atoms with Gasteiger partial charge in [-0.25, -0.2) is 0 Å². The van der Waals surface area contributed by atoms with E-state index in [0.29, 0.717) is 18.1 Å². The third-order valence-corrected chi connectivity index (χ3v) is 3.27. The second-order valence-corrected chi connectivity index (χ2v) is 4.26. The Kier molecular flexibility index (Phi) is 4.80. The highest BCUT2D eigenvalue weighted by atomic mass is 79.9. The highest BCUT2D eigenvalue weighted by Gasteiger charge is 2.14. The van der Waals surface area contributed by atoms with E-state index in [2.05, 4.69) is 15.9 Å². The lowest BCUT2D eigenvalue weighted by molar-refractivity contribution is -0.116. The van der Waals surface area contributed by atoms with E-state index in [9.17, 15) is 4.79 Å². The number of Topliss-reactive ketones (excluding diaryl/α,β-unsaturated/α-hetero) is 1. The first-order valence-electron chi connectivity index (χ1n) is 5.04. The van der Waals surface area contributed by atoms with E-state index in [1.165, 1.54) is 0 Å². The summed E-state index contributed by atoms with van der Waals surface area (Å²) >= 11 is 3.34. The lowest BCUT2D eigenvalue weighted by Gasteiger charge is -2.11. The molecular weight excluding hydrogens is 272 g/mol. The fourth-order valence-corrected chi connectivity index (χ4v) is 1.61. The molecular formula is C12H15BrO3. The van der Waals surface area contributed by atoms with Crippen LogP contribution in [0.3, 0.4) is 0 Å². The molecule has 0 heterocycles. The quantitative estimate of drug-likeness (QED) is 0.780. The number of alkyl halides is 1. The Hall–Kier alpha value is -1.03. The largest absolute Gasteiger partial charge is 0.497 e. The van der Waals surface area contributed by atoms with Crippen LogP contribution in [0.15, 0.2) is 18.2 Å². The van der Waals surface area contributed by atoms with Gasteiger partial charge >= 0.3 is 0 Å². The summed E-state index contributed by atoms with van der Waals surface area (Å²) in [5, 5.41) is 0. The van der Waals surface area contributed by atoms with Gasteiger partial charge in [0.25, 0.3) is 0 Å². The SMILES string of the molecule is CCOc1cc(OC)cc(C(Br)C(C)=O)c1. The molecule has 4 heteroatoms. The topological polar surface area (TPSA) is 35.5 Å². The number of ketones is 1. The fourth-order valence-electron chi connectivity index (χ4n) is 1.34. The minimum atomic E-state index is -0.318. The third-order valence-electron chi connectivity index (χ3n) is 2.10. The molecule has 3 nitrogen and oxygen atoms in total. The van der Waals surface area contributed by atoms with E-state index in [1.807, 2.05) is 19.1 Å². The van der Waals surface area contributed by atoms with Crippen LogP contribution < -0.4 is 9.47 Å². The lowest BCUT2D eigenvalue weighted by Crippen LogP contribution is -2.02. The van der Waals surface area contributed by atoms with E-state index < -0.39 is 0 Å². The van der Waals surface area contributed by atoms with E-state index in [4.69, 9.17) is 9.47 Å². The van der Waals surface area contributed by atoms with Crippen LogP contribution in [0, 0.1) is 0 Å². The summed E-state index contributed by atoms with van der Waals surface area (Å²) in [6.45, 7) is 4.04. The van der Waals surface area contributed by atoms with Gasteiger partial charge in [-0.15, -0.1) is 0 Å². The summed E-state index contributed by atoms with van der Waals surface area (Å²) < 4.78 is 10.6. The Bertz CT molecular complexity index is 377. The second-order valence-electron chi connectivity index (χ2n) is 3.35. The van der Waals surface area contributed by atoms with Gasteiger partial charge < -0.3 is 9.47 Å². The number of ether oxygens (including phenoxy) is 2. The van der Waals surface area contributed by atoms with Crippen molar-refractivity contribution in [3.63, 3.8) is 0 Å². The van der Waals surface area contributed by atoms with Crippen LogP contribution in [-0.2, 0) is 4.79 Å². The van der Waals surface area contributed by atoms with Gasteiger partial charge in [-0.05, 0) is 31.5 Å². The molecule has 1 atom stereocenters. The molecule has 1 aromatic carbocycles. The van der Waals surface area contributed by atoms with Crippen molar-refractivity contribution in [1.29, 1.82) is 0 Å². The maximum absolute atomic E-state index is 11.3. The molecule has 0 aliphatic heterocycles. The van der Waals surface area contributed by atoms with Crippen molar-refractivity contribution in [2.75, 3.05) is 13.7 Å². The van der Waals surface area contributed by atoms with Gasteiger partial charge in [-0.1, -0.05) is 15.9 Å². The molecule has 1 aromatic rings. The van der Waals surface area contributed by atoms with E-state index in [1.54, 1.807) is 20.1 Å². The molecule has 0 aromatic heterocycles. The van der Waals surface area contributed by atoms with Gasteiger partial charge in [-0.3, -0.25) is 4.79 Å². The summed E-state index contributed by atoms with van der Waals surface area (Å²) in [6, 6.07) is 5.46. The molecule has 0 fully saturated rings. The summed E-state index contributed by atoms with van der Waals surface area (Å²) in [5.41, 5.74) is 0.843.